The van der Waals surface area contributed by atoms with Crippen LogP contribution in [0, 0.1) is 12.3 Å². The molecule has 2 N–H and O–H groups in total. The largest absolute Gasteiger partial charge is 0.371 e. The molecule has 1 aromatic rings. The van der Waals surface area contributed by atoms with E-state index in [9.17, 15) is 0 Å². The number of hydrogen-bond acceptors (Lipinski definition) is 2. The van der Waals surface area contributed by atoms with Crippen LogP contribution in [0.15, 0.2) is 18.2 Å². The van der Waals surface area contributed by atoms with Crippen molar-refractivity contribution in [2.75, 3.05) is 18.0 Å². The van der Waals surface area contributed by atoms with Gasteiger partial charge in [-0.05, 0) is 36.8 Å². The molecule has 1 heterocycles. The predicted octanol–water partition coefficient (Wildman–Crippen LogP) is 3.86. The second-order valence-electron chi connectivity index (χ2n) is 6.03. The van der Waals surface area contributed by atoms with Crippen molar-refractivity contribution >= 4 is 5.69 Å². The van der Waals surface area contributed by atoms with Gasteiger partial charge in [-0.15, -0.1) is 0 Å². The summed E-state index contributed by atoms with van der Waals surface area (Å²) in [6, 6.07) is 6.69. The Hall–Kier alpha value is -1.02. The van der Waals surface area contributed by atoms with Crippen LogP contribution in [0.5, 0.6) is 0 Å². The van der Waals surface area contributed by atoms with Gasteiger partial charge in [-0.25, -0.2) is 0 Å². The monoisotopic (exact) mass is 260 g/mol. The molecular weight excluding hydrogens is 232 g/mol. The van der Waals surface area contributed by atoms with E-state index < -0.39 is 0 Å². The fourth-order valence-corrected chi connectivity index (χ4v) is 3.37. The van der Waals surface area contributed by atoms with Crippen molar-refractivity contribution in [3.8, 4) is 0 Å². The second kappa shape index (κ2) is 5.96. The Morgan fingerprint density at radius 1 is 1.16 bits per heavy atom. The number of anilines is 1. The van der Waals surface area contributed by atoms with E-state index in [0.717, 1.165) is 0 Å². The highest BCUT2D eigenvalue weighted by molar-refractivity contribution is 5.55. The molecule has 0 bridgehead atoms. The van der Waals surface area contributed by atoms with Gasteiger partial charge in [0, 0.05) is 25.3 Å². The summed E-state index contributed by atoms with van der Waals surface area (Å²) in [6.45, 7) is 9.82. The molecule has 1 aliphatic rings. The van der Waals surface area contributed by atoms with Crippen molar-refractivity contribution in [1.82, 2.24) is 0 Å². The maximum absolute atomic E-state index is 5.91. The van der Waals surface area contributed by atoms with Crippen LogP contribution in [0.1, 0.15) is 50.7 Å². The Bertz CT molecular complexity index is 411. The Morgan fingerprint density at radius 3 is 2.32 bits per heavy atom. The number of nitrogens with zero attached hydrogens (tertiary/aromatic N) is 1. The van der Waals surface area contributed by atoms with Gasteiger partial charge in [-0.3, -0.25) is 0 Å². The van der Waals surface area contributed by atoms with E-state index in [2.05, 4.69) is 43.9 Å². The summed E-state index contributed by atoms with van der Waals surface area (Å²) in [6.07, 6.45) is 5.26. The van der Waals surface area contributed by atoms with Gasteiger partial charge >= 0.3 is 0 Å². The molecule has 19 heavy (non-hydrogen) atoms. The summed E-state index contributed by atoms with van der Waals surface area (Å²) in [5, 5.41) is 0. The van der Waals surface area contributed by atoms with Gasteiger partial charge in [0.2, 0.25) is 0 Å². The quantitative estimate of drug-likeness (QED) is 0.890. The molecule has 0 amide bonds. The first kappa shape index (κ1) is 14.4. The molecular formula is C17H28N2. The van der Waals surface area contributed by atoms with Crippen LogP contribution >= 0.6 is 0 Å². The zero-order valence-corrected chi connectivity index (χ0v) is 12.7. The van der Waals surface area contributed by atoms with E-state index in [-0.39, 0.29) is 0 Å². The van der Waals surface area contributed by atoms with Crippen molar-refractivity contribution < 1.29 is 0 Å². The molecule has 1 fully saturated rings. The zero-order valence-electron chi connectivity index (χ0n) is 12.7. The van der Waals surface area contributed by atoms with Gasteiger partial charge in [-0.1, -0.05) is 44.4 Å². The molecule has 2 rings (SSSR count). The van der Waals surface area contributed by atoms with Gasteiger partial charge in [0.1, 0.15) is 0 Å². The standard InChI is InChI=1S/C17H28N2/c1-4-17(5-2)8-10-19(11-9-17)16-7-6-14(3)12-15(16)13-18/h6-7,12H,4-5,8-11,13,18H2,1-3H3. The van der Waals surface area contributed by atoms with Crippen molar-refractivity contribution in [3.05, 3.63) is 29.3 Å². The highest BCUT2D eigenvalue weighted by Crippen LogP contribution is 2.39. The smallest absolute Gasteiger partial charge is 0.0411 e. The fraction of sp³-hybridized carbons (Fsp3) is 0.647. The molecule has 106 valence electrons. The third-order valence-electron chi connectivity index (χ3n) is 5.12. The van der Waals surface area contributed by atoms with E-state index in [1.165, 1.54) is 55.6 Å². The van der Waals surface area contributed by atoms with Crippen molar-refractivity contribution in [1.29, 1.82) is 0 Å². The summed E-state index contributed by atoms with van der Waals surface area (Å²) in [7, 11) is 0. The third-order valence-corrected chi connectivity index (χ3v) is 5.12. The number of hydrogen-bond donors (Lipinski definition) is 1. The van der Waals surface area contributed by atoms with Crippen molar-refractivity contribution in [2.24, 2.45) is 11.1 Å². The SMILES string of the molecule is CCC1(CC)CCN(c2ccc(C)cc2CN)CC1. The maximum atomic E-state index is 5.91. The lowest BCUT2D eigenvalue weighted by Crippen LogP contribution is -2.40. The average Bonchev–Trinajstić information content (AvgIpc) is 2.47. The lowest BCUT2D eigenvalue weighted by Gasteiger charge is -2.42. The summed E-state index contributed by atoms with van der Waals surface area (Å²) < 4.78 is 0. The molecule has 1 aromatic carbocycles. The number of piperidine rings is 1. The highest BCUT2D eigenvalue weighted by Gasteiger charge is 2.31. The summed E-state index contributed by atoms with van der Waals surface area (Å²) in [5.74, 6) is 0. The Morgan fingerprint density at radius 2 is 1.79 bits per heavy atom. The molecule has 0 aromatic heterocycles. The number of benzene rings is 1. The van der Waals surface area contributed by atoms with Crippen molar-refractivity contribution in [3.63, 3.8) is 0 Å². The van der Waals surface area contributed by atoms with E-state index in [0.29, 0.717) is 12.0 Å². The lowest BCUT2D eigenvalue weighted by molar-refractivity contribution is 0.199. The first-order chi connectivity index (χ1) is 9.14. The molecule has 0 radical (unpaired) electrons. The van der Waals surface area contributed by atoms with Crippen LogP contribution in [0.2, 0.25) is 0 Å². The van der Waals surface area contributed by atoms with Crippen LogP contribution in [0.3, 0.4) is 0 Å². The molecule has 0 spiro atoms. The molecule has 1 aliphatic heterocycles. The van der Waals surface area contributed by atoms with E-state index in [1.54, 1.807) is 0 Å². The van der Waals surface area contributed by atoms with E-state index >= 15 is 0 Å². The Labute approximate surface area is 118 Å². The Balaban J connectivity index is 2.13. The molecule has 0 atom stereocenters. The first-order valence-corrected chi connectivity index (χ1v) is 7.68. The van der Waals surface area contributed by atoms with E-state index in [4.69, 9.17) is 5.73 Å². The summed E-state index contributed by atoms with van der Waals surface area (Å²) >= 11 is 0. The minimum Gasteiger partial charge on any atom is -0.371 e. The van der Waals surface area contributed by atoms with Gasteiger partial charge in [0.15, 0.2) is 0 Å². The molecule has 0 unspecified atom stereocenters. The molecule has 0 saturated carbocycles. The summed E-state index contributed by atoms with van der Waals surface area (Å²) in [4.78, 5) is 2.53. The molecule has 2 nitrogen and oxygen atoms in total. The van der Waals surface area contributed by atoms with Crippen LogP contribution < -0.4 is 10.6 Å². The minimum atomic E-state index is 0.587. The fourth-order valence-electron chi connectivity index (χ4n) is 3.37. The molecule has 0 aliphatic carbocycles. The van der Waals surface area contributed by atoms with Crippen LogP contribution in [-0.2, 0) is 6.54 Å². The Kier molecular flexibility index (Phi) is 4.51. The number of nitrogens with two attached hydrogens (primary N) is 1. The molecule has 1 saturated heterocycles. The topological polar surface area (TPSA) is 29.3 Å². The van der Waals surface area contributed by atoms with E-state index in [1.807, 2.05) is 0 Å². The normalized spacial score (nSPS) is 18.6. The third kappa shape index (κ3) is 2.94. The minimum absolute atomic E-state index is 0.587. The highest BCUT2D eigenvalue weighted by atomic mass is 15.1. The van der Waals surface area contributed by atoms with Crippen LogP contribution in [-0.4, -0.2) is 13.1 Å². The maximum Gasteiger partial charge on any atom is 0.0411 e. The molecule has 2 heteroatoms. The van der Waals surface area contributed by atoms with Crippen LogP contribution in [0.4, 0.5) is 5.69 Å². The second-order valence-corrected chi connectivity index (χ2v) is 6.03. The number of rotatable bonds is 4. The van der Waals surface area contributed by atoms with Crippen LogP contribution in [0.25, 0.3) is 0 Å². The van der Waals surface area contributed by atoms with Gasteiger partial charge in [0.05, 0.1) is 0 Å². The zero-order chi connectivity index (χ0) is 13.9. The predicted molar refractivity (Wildman–Crippen MR) is 83.5 cm³/mol. The van der Waals surface area contributed by atoms with Gasteiger partial charge < -0.3 is 10.6 Å². The first-order valence-electron chi connectivity index (χ1n) is 7.68. The van der Waals surface area contributed by atoms with Gasteiger partial charge in [-0.2, -0.15) is 0 Å². The van der Waals surface area contributed by atoms with Gasteiger partial charge in [0.25, 0.3) is 0 Å². The summed E-state index contributed by atoms with van der Waals surface area (Å²) in [5.41, 5.74) is 10.4. The number of aryl methyl sites for hydroxylation is 1. The lowest BCUT2D eigenvalue weighted by atomic mass is 9.74. The average molecular weight is 260 g/mol. The van der Waals surface area contributed by atoms with Crippen molar-refractivity contribution in [2.45, 2.75) is 53.0 Å².